The third-order valence-electron chi connectivity index (χ3n) is 3.05. The van der Waals surface area contributed by atoms with Gasteiger partial charge in [0.1, 0.15) is 0 Å². The smallest absolute Gasteiger partial charge is 0.233 e. The number of carbonyl (C=O) groups excluding carboxylic acids is 1. The van der Waals surface area contributed by atoms with E-state index in [1.54, 1.807) is 0 Å². The number of nitrogens with one attached hydrogen (secondary N) is 1. The summed E-state index contributed by atoms with van der Waals surface area (Å²) in [4.78, 5) is 13.3. The Balaban J connectivity index is 3.87. The summed E-state index contributed by atoms with van der Waals surface area (Å²) in [6.45, 7) is 6.57. The van der Waals surface area contributed by atoms with E-state index in [-0.39, 0.29) is 5.91 Å². The van der Waals surface area contributed by atoms with Gasteiger partial charge in [0.2, 0.25) is 5.91 Å². The first-order valence-corrected chi connectivity index (χ1v) is 5.74. The predicted molar refractivity (Wildman–Crippen MR) is 63.2 cm³/mol. The van der Waals surface area contributed by atoms with Gasteiger partial charge in [-0.15, -0.1) is 0 Å². The van der Waals surface area contributed by atoms with Crippen LogP contribution in [0.1, 0.15) is 46.5 Å². The molecular weight excluding hydrogens is 190 g/mol. The van der Waals surface area contributed by atoms with Gasteiger partial charge in [-0.25, -0.2) is 5.84 Å². The molecule has 0 saturated carbocycles. The molecular formula is C11H25N3O. The highest BCUT2D eigenvalue weighted by atomic mass is 16.2. The zero-order valence-electron chi connectivity index (χ0n) is 10.4. The second kappa shape index (κ2) is 7.65. The topological polar surface area (TPSA) is 58.4 Å². The highest BCUT2D eigenvalue weighted by molar-refractivity contribution is 5.75. The van der Waals surface area contributed by atoms with Gasteiger partial charge < -0.3 is 4.90 Å². The Morgan fingerprint density at radius 1 is 1.33 bits per heavy atom. The normalized spacial score (nSPS) is 15.1. The maximum absolute atomic E-state index is 11.0. The van der Waals surface area contributed by atoms with E-state index in [9.17, 15) is 4.79 Å². The number of carbonyl (C=O) groups is 1. The lowest BCUT2D eigenvalue weighted by molar-refractivity contribution is -0.121. The molecule has 1 amide bonds. The Morgan fingerprint density at radius 3 is 2.33 bits per heavy atom. The van der Waals surface area contributed by atoms with Crippen molar-refractivity contribution in [3.63, 3.8) is 0 Å². The Labute approximate surface area is 93.2 Å². The van der Waals surface area contributed by atoms with Crippen LogP contribution >= 0.6 is 0 Å². The molecule has 0 aliphatic carbocycles. The number of amides is 1. The molecule has 0 heterocycles. The largest absolute Gasteiger partial charge is 0.301 e. The molecule has 0 aromatic heterocycles. The number of hydrazine groups is 1. The lowest BCUT2D eigenvalue weighted by Gasteiger charge is -2.30. The molecule has 0 spiro atoms. The van der Waals surface area contributed by atoms with Crippen molar-refractivity contribution >= 4 is 5.91 Å². The Morgan fingerprint density at radius 2 is 1.87 bits per heavy atom. The third-order valence-corrected chi connectivity index (χ3v) is 3.05. The van der Waals surface area contributed by atoms with Gasteiger partial charge in [0, 0.05) is 18.5 Å². The summed E-state index contributed by atoms with van der Waals surface area (Å²) in [5.74, 6) is 4.94. The minimum Gasteiger partial charge on any atom is -0.301 e. The zero-order chi connectivity index (χ0) is 11.8. The molecule has 0 aliphatic heterocycles. The molecule has 3 N–H and O–H groups in total. The van der Waals surface area contributed by atoms with Gasteiger partial charge in [0.15, 0.2) is 0 Å². The first kappa shape index (κ1) is 14.4. The van der Waals surface area contributed by atoms with E-state index in [2.05, 4.69) is 38.1 Å². The van der Waals surface area contributed by atoms with Gasteiger partial charge in [-0.05, 0) is 33.7 Å². The second-order valence-corrected chi connectivity index (χ2v) is 4.26. The van der Waals surface area contributed by atoms with E-state index in [4.69, 9.17) is 5.84 Å². The van der Waals surface area contributed by atoms with Crippen molar-refractivity contribution in [2.75, 3.05) is 7.05 Å². The molecule has 0 fully saturated rings. The van der Waals surface area contributed by atoms with Gasteiger partial charge in [0.25, 0.3) is 0 Å². The molecule has 4 heteroatoms. The summed E-state index contributed by atoms with van der Waals surface area (Å²) in [7, 11) is 2.12. The molecule has 2 unspecified atom stereocenters. The summed E-state index contributed by atoms with van der Waals surface area (Å²) >= 11 is 0. The van der Waals surface area contributed by atoms with Gasteiger partial charge in [-0.3, -0.25) is 10.2 Å². The third kappa shape index (κ3) is 5.74. The standard InChI is InChI=1S/C11H25N3O/c1-5-6-9(2)14(4)10(3)7-8-11(15)13-12/h9-10H,5-8,12H2,1-4H3,(H,13,15). The lowest BCUT2D eigenvalue weighted by Crippen LogP contribution is -2.38. The minimum atomic E-state index is -0.0848. The van der Waals surface area contributed by atoms with Crippen LogP contribution in [0.2, 0.25) is 0 Å². The summed E-state index contributed by atoms with van der Waals surface area (Å²) < 4.78 is 0. The molecule has 0 aliphatic rings. The van der Waals surface area contributed by atoms with Crippen molar-refractivity contribution in [3.8, 4) is 0 Å². The number of nitrogens with zero attached hydrogens (tertiary/aromatic N) is 1. The van der Waals surface area contributed by atoms with Crippen LogP contribution in [0.5, 0.6) is 0 Å². The summed E-state index contributed by atoms with van der Waals surface area (Å²) in [6.07, 6.45) is 3.75. The molecule has 90 valence electrons. The van der Waals surface area contributed by atoms with Crippen molar-refractivity contribution in [3.05, 3.63) is 0 Å². The highest BCUT2D eigenvalue weighted by Gasteiger charge is 2.15. The van der Waals surface area contributed by atoms with Crippen molar-refractivity contribution in [1.29, 1.82) is 0 Å². The first-order valence-electron chi connectivity index (χ1n) is 5.74. The lowest BCUT2D eigenvalue weighted by atomic mass is 10.1. The van der Waals surface area contributed by atoms with Crippen molar-refractivity contribution < 1.29 is 4.79 Å². The molecule has 0 rings (SSSR count). The van der Waals surface area contributed by atoms with E-state index in [0.29, 0.717) is 18.5 Å². The summed E-state index contributed by atoms with van der Waals surface area (Å²) in [5.41, 5.74) is 2.16. The van der Waals surface area contributed by atoms with Crippen molar-refractivity contribution in [2.45, 2.75) is 58.5 Å². The fraction of sp³-hybridized carbons (Fsp3) is 0.909. The van der Waals surface area contributed by atoms with E-state index in [1.165, 1.54) is 12.8 Å². The average Bonchev–Trinajstić information content (AvgIpc) is 2.24. The molecule has 0 radical (unpaired) electrons. The van der Waals surface area contributed by atoms with E-state index >= 15 is 0 Å². The number of hydrogen-bond acceptors (Lipinski definition) is 3. The summed E-state index contributed by atoms with van der Waals surface area (Å²) in [6, 6.07) is 0.995. The minimum absolute atomic E-state index is 0.0848. The fourth-order valence-electron chi connectivity index (χ4n) is 1.67. The number of rotatable bonds is 7. The summed E-state index contributed by atoms with van der Waals surface area (Å²) in [5, 5.41) is 0. The number of hydrogen-bond donors (Lipinski definition) is 2. The van der Waals surface area contributed by atoms with Crippen molar-refractivity contribution in [2.24, 2.45) is 5.84 Å². The fourth-order valence-corrected chi connectivity index (χ4v) is 1.67. The van der Waals surface area contributed by atoms with Gasteiger partial charge >= 0.3 is 0 Å². The van der Waals surface area contributed by atoms with Crippen LogP contribution in [0.25, 0.3) is 0 Å². The van der Waals surface area contributed by atoms with Crippen LogP contribution < -0.4 is 11.3 Å². The molecule has 4 nitrogen and oxygen atoms in total. The maximum atomic E-state index is 11.0. The van der Waals surface area contributed by atoms with Crippen LogP contribution in [0.4, 0.5) is 0 Å². The SMILES string of the molecule is CCCC(C)N(C)C(C)CCC(=O)NN. The van der Waals surface area contributed by atoms with E-state index in [1.807, 2.05) is 0 Å². The van der Waals surface area contributed by atoms with Crippen molar-refractivity contribution in [1.82, 2.24) is 10.3 Å². The van der Waals surface area contributed by atoms with Crippen LogP contribution in [-0.2, 0) is 4.79 Å². The van der Waals surface area contributed by atoms with E-state index in [0.717, 1.165) is 6.42 Å². The van der Waals surface area contributed by atoms with Crippen LogP contribution in [0.15, 0.2) is 0 Å². The van der Waals surface area contributed by atoms with Crippen LogP contribution in [0.3, 0.4) is 0 Å². The second-order valence-electron chi connectivity index (χ2n) is 4.26. The Hall–Kier alpha value is -0.610. The monoisotopic (exact) mass is 215 g/mol. The van der Waals surface area contributed by atoms with Crippen LogP contribution in [0, 0.1) is 0 Å². The molecule has 2 atom stereocenters. The quantitative estimate of drug-likeness (QED) is 0.382. The Bertz CT molecular complexity index is 185. The van der Waals surface area contributed by atoms with Crippen LogP contribution in [-0.4, -0.2) is 29.9 Å². The molecule has 0 aromatic rings. The first-order chi connectivity index (χ1) is 7.02. The molecule has 0 bridgehead atoms. The average molecular weight is 215 g/mol. The van der Waals surface area contributed by atoms with Gasteiger partial charge in [-0.2, -0.15) is 0 Å². The number of nitrogens with two attached hydrogens (primary N) is 1. The molecule has 0 aromatic carbocycles. The van der Waals surface area contributed by atoms with Gasteiger partial charge in [0.05, 0.1) is 0 Å². The predicted octanol–water partition coefficient (Wildman–Crippen LogP) is 1.27. The van der Waals surface area contributed by atoms with E-state index < -0.39 is 0 Å². The highest BCUT2D eigenvalue weighted by Crippen LogP contribution is 2.11. The molecule has 15 heavy (non-hydrogen) atoms. The van der Waals surface area contributed by atoms with Gasteiger partial charge in [-0.1, -0.05) is 13.3 Å². The Kier molecular flexibility index (Phi) is 7.34. The maximum Gasteiger partial charge on any atom is 0.233 e. The molecule has 0 saturated heterocycles. The zero-order valence-corrected chi connectivity index (χ0v) is 10.4.